The maximum absolute atomic E-state index is 12.7. The summed E-state index contributed by atoms with van der Waals surface area (Å²) in [5.74, 6) is 0.146. The molecule has 1 unspecified atom stereocenters. The third-order valence-corrected chi connectivity index (χ3v) is 4.08. The molecule has 120 valence electrons. The summed E-state index contributed by atoms with van der Waals surface area (Å²) < 4.78 is 0. The summed E-state index contributed by atoms with van der Waals surface area (Å²) >= 11 is 0. The summed E-state index contributed by atoms with van der Waals surface area (Å²) in [5.41, 5.74) is 4.05. The van der Waals surface area contributed by atoms with Crippen molar-refractivity contribution in [3.05, 3.63) is 102 Å². The zero-order chi connectivity index (χ0) is 16.8. The third-order valence-electron chi connectivity index (χ3n) is 4.08. The van der Waals surface area contributed by atoms with Crippen LogP contribution >= 0.6 is 0 Å². The molecule has 2 heteroatoms. The van der Waals surface area contributed by atoms with Gasteiger partial charge in [0.25, 0.3) is 0 Å². The maximum atomic E-state index is 12.7. The van der Waals surface area contributed by atoms with E-state index in [1.165, 1.54) is 0 Å². The van der Waals surface area contributed by atoms with Gasteiger partial charge in [-0.2, -0.15) is 0 Å². The van der Waals surface area contributed by atoms with E-state index in [4.69, 9.17) is 0 Å². The molecule has 0 heterocycles. The van der Waals surface area contributed by atoms with Crippen molar-refractivity contribution in [2.45, 2.75) is 19.4 Å². The lowest BCUT2D eigenvalue weighted by atomic mass is 9.97. The third kappa shape index (κ3) is 4.11. The fraction of sp³-hybridized carbons (Fsp3) is 0.136. The summed E-state index contributed by atoms with van der Waals surface area (Å²) in [4.78, 5) is 12.7. The number of carbonyl (C=O) groups excluding carboxylic acids is 1. The topological polar surface area (TPSA) is 29.1 Å². The van der Waals surface area contributed by atoms with Gasteiger partial charge in [0.05, 0.1) is 6.04 Å². The van der Waals surface area contributed by atoms with Crippen LogP contribution in [0.4, 0.5) is 5.69 Å². The van der Waals surface area contributed by atoms with Crippen LogP contribution in [0.3, 0.4) is 0 Å². The van der Waals surface area contributed by atoms with E-state index in [9.17, 15) is 4.79 Å². The first kappa shape index (κ1) is 16.0. The first-order chi connectivity index (χ1) is 11.7. The highest BCUT2D eigenvalue weighted by atomic mass is 16.1. The van der Waals surface area contributed by atoms with Gasteiger partial charge in [-0.1, -0.05) is 78.4 Å². The summed E-state index contributed by atoms with van der Waals surface area (Å²) in [6.45, 7) is 2.03. The monoisotopic (exact) mass is 315 g/mol. The SMILES string of the molecule is Cc1ccc(C(=O)CC(Nc2ccccc2)c2ccccc2)cc1. The number of hydrogen-bond donors (Lipinski definition) is 1. The van der Waals surface area contributed by atoms with Crippen molar-refractivity contribution >= 4 is 11.5 Å². The Morgan fingerprint density at radius 3 is 2.04 bits per heavy atom. The van der Waals surface area contributed by atoms with Crippen molar-refractivity contribution in [2.75, 3.05) is 5.32 Å². The Morgan fingerprint density at radius 2 is 1.42 bits per heavy atom. The van der Waals surface area contributed by atoms with E-state index in [1.54, 1.807) is 0 Å². The van der Waals surface area contributed by atoms with Crippen LogP contribution in [0.25, 0.3) is 0 Å². The molecule has 3 rings (SSSR count). The fourth-order valence-corrected chi connectivity index (χ4v) is 2.72. The lowest BCUT2D eigenvalue weighted by Crippen LogP contribution is -2.15. The molecule has 0 aromatic heterocycles. The normalized spacial score (nSPS) is 11.7. The van der Waals surface area contributed by atoms with Gasteiger partial charge in [-0.05, 0) is 24.6 Å². The molecule has 0 aliphatic rings. The summed E-state index contributed by atoms with van der Waals surface area (Å²) in [7, 11) is 0. The highest BCUT2D eigenvalue weighted by molar-refractivity contribution is 5.96. The summed E-state index contributed by atoms with van der Waals surface area (Å²) in [6, 6.07) is 27.8. The van der Waals surface area contributed by atoms with Gasteiger partial charge in [0.1, 0.15) is 0 Å². The Morgan fingerprint density at radius 1 is 0.833 bits per heavy atom. The van der Waals surface area contributed by atoms with Gasteiger partial charge >= 0.3 is 0 Å². The minimum Gasteiger partial charge on any atom is -0.378 e. The molecule has 0 saturated heterocycles. The van der Waals surface area contributed by atoms with E-state index in [0.717, 1.165) is 22.4 Å². The minimum absolute atomic E-state index is 0.0533. The average Bonchev–Trinajstić information content (AvgIpc) is 2.63. The van der Waals surface area contributed by atoms with E-state index >= 15 is 0 Å². The number of rotatable bonds is 6. The van der Waals surface area contributed by atoms with Crippen molar-refractivity contribution < 1.29 is 4.79 Å². The molecule has 3 aromatic rings. The number of ketones is 1. The van der Waals surface area contributed by atoms with E-state index in [0.29, 0.717) is 6.42 Å². The first-order valence-corrected chi connectivity index (χ1v) is 8.19. The van der Waals surface area contributed by atoms with Gasteiger partial charge in [0.15, 0.2) is 5.78 Å². The van der Waals surface area contributed by atoms with Crippen LogP contribution in [0.5, 0.6) is 0 Å². The Kier molecular flexibility index (Phi) is 5.07. The zero-order valence-electron chi connectivity index (χ0n) is 13.8. The van der Waals surface area contributed by atoms with Crippen LogP contribution in [-0.2, 0) is 0 Å². The number of benzene rings is 3. The lowest BCUT2D eigenvalue weighted by molar-refractivity contribution is 0.0976. The Bertz CT molecular complexity index is 779. The highest BCUT2D eigenvalue weighted by Gasteiger charge is 2.17. The van der Waals surface area contributed by atoms with Crippen LogP contribution < -0.4 is 5.32 Å². The quantitative estimate of drug-likeness (QED) is 0.615. The second-order valence-electron chi connectivity index (χ2n) is 5.97. The standard InChI is InChI=1S/C22H21NO/c1-17-12-14-19(15-13-17)22(24)16-21(18-8-4-2-5-9-18)23-20-10-6-3-7-11-20/h2-15,21,23H,16H2,1H3. The lowest BCUT2D eigenvalue weighted by Gasteiger charge is -2.20. The molecule has 0 saturated carbocycles. The van der Waals surface area contributed by atoms with Crippen molar-refractivity contribution in [1.82, 2.24) is 0 Å². The number of para-hydroxylation sites is 1. The van der Waals surface area contributed by atoms with Crippen molar-refractivity contribution in [1.29, 1.82) is 0 Å². The number of hydrogen-bond acceptors (Lipinski definition) is 2. The van der Waals surface area contributed by atoms with Gasteiger partial charge in [-0.15, -0.1) is 0 Å². The maximum Gasteiger partial charge on any atom is 0.165 e. The van der Waals surface area contributed by atoms with Crippen LogP contribution in [0, 0.1) is 6.92 Å². The van der Waals surface area contributed by atoms with E-state index in [2.05, 4.69) is 17.4 Å². The van der Waals surface area contributed by atoms with E-state index < -0.39 is 0 Å². The molecule has 0 aliphatic heterocycles. The highest BCUT2D eigenvalue weighted by Crippen LogP contribution is 2.24. The van der Waals surface area contributed by atoms with Crippen LogP contribution in [0.1, 0.15) is 33.9 Å². The number of Topliss-reactive ketones (excluding diaryl/α,β-unsaturated/α-hetero) is 1. The molecule has 24 heavy (non-hydrogen) atoms. The Labute approximate surface area is 143 Å². The number of carbonyl (C=O) groups is 1. The van der Waals surface area contributed by atoms with Crippen LogP contribution in [0.2, 0.25) is 0 Å². The molecule has 3 aromatic carbocycles. The van der Waals surface area contributed by atoms with Crippen molar-refractivity contribution in [2.24, 2.45) is 0 Å². The molecule has 0 radical (unpaired) electrons. The van der Waals surface area contributed by atoms with Gasteiger partial charge in [0, 0.05) is 17.7 Å². The van der Waals surface area contributed by atoms with Gasteiger partial charge in [-0.25, -0.2) is 0 Å². The zero-order valence-corrected chi connectivity index (χ0v) is 13.8. The van der Waals surface area contributed by atoms with Crippen molar-refractivity contribution in [3.63, 3.8) is 0 Å². The van der Waals surface area contributed by atoms with E-state index in [1.807, 2.05) is 79.7 Å². The van der Waals surface area contributed by atoms with Crippen molar-refractivity contribution in [3.8, 4) is 0 Å². The Hall–Kier alpha value is -2.87. The predicted molar refractivity (Wildman–Crippen MR) is 99.4 cm³/mol. The smallest absolute Gasteiger partial charge is 0.165 e. The van der Waals surface area contributed by atoms with Crippen LogP contribution in [0.15, 0.2) is 84.9 Å². The molecule has 1 atom stereocenters. The second-order valence-corrected chi connectivity index (χ2v) is 5.97. The molecule has 0 amide bonds. The van der Waals surface area contributed by atoms with Gasteiger partial charge < -0.3 is 5.32 Å². The first-order valence-electron chi connectivity index (χ1n) is 8.19. The molecule has 0 spiro atoms. The molecule has 1 N–H and O–H groups in total. The summed E-state index contributed by atoms with van der Waals surface area (Å²) in [6.07, 6.45) is 0.419. The molecular formula is C22H21NO. The minimum atomic E-state index is -0.0533. The fourth-order valence-electron chi connectivity index (χ4n) is 2.72. The Balaban J connectivity index is 1.82. The average molecular weight is 315 g/mol. The number of aryl methyl sites for hydroxylation is 1. The summed E-state index contributed by atoms with van der Waals surface area (Å²) in [5, 5.41) is 3.49. The number of nitrogens with one attached hydrogen (secondary N) is 1. The molecular weight excluding hydrogens is 294 g/mol. The van der Waals surface area contributed by atoms with Gasteiger partial charge in [-0.3, -0.25) is 4.79 Å². The molecule has 0 aliphatic carbocycles. The number of anilines is 1. The molecule has 0 fully saturated rings. The van der Waals surface area contributed by atoms with Crippen LogP contribution in [-0.4, -0.2) is 5.78 Å². The van der Waals surface area contributed by atoms with Gasteiger partial charge in [0.2, 0.25) is 0 Å². The molecule has 0 bridgehead atoms. The second kappa shape index (κ2) is 7.60. The van der Waals surface area contributed by atoms with E-state index in [-0.39, 0.29) is 11.8 Å². The largest absolute Gasteiger partial charge is 0.378 e. The molecule has 2 nitrogen and oxygen atoms in total. The predicted octanol–water partition coefficient (Wildman–Crippen LogP) is 5.42.